The van der Waals surface area contributed by atoms with Gasteiger partial charge in [0.1, 0.15) is 12.6 Å². The number of fused-ring (bicyclic) bond motifs is 1. The lowest BCUT2D eigenvalue weighted by molar-refractivity contribution is -0.150. The van der Waals surface area contributed by atoms with Gasteiger partial charge in [0, 0.05) is 6.42 Å². The number of amides is 1. The molecule has 120 valence electrons. The van der Waals surface area contributed by atoms with Crippen molar-refractivity contribution in [2.45, 2.75) is 52.1 Å². The number of hydrogen-bond donors (Lipinski definition) is 1. The first-order valence-corrected chi connectivity index (χ1v) is 8.10. The number of carbonyl (C=O) groups excluding carboxylic acids is 2. The topological polar surface area (TPSA) is 55.4 Å². The van der Waals surface area contributed by atoms with Crippen molar-refractivity contribution < 1.29 is 14.3 Å². The van der Waals surface area contributed by atoms with Crippen LogP contribution >= 0.6 is 0 Å². The Balaban J connectivity index is 1.80. The smallest absolute Gasteiger partial charge is 0.326 e. The Kier molecular flexibility index (Phi) is 5.99. The van der Waals surface area contributed by atoms with Crippen LogP contribution in [-0.2, 0) is 20.7 Å². The van der Waals surface area contributed by atoms with E-state index in [1.165, 1.54) is 5.56 Å². The van der Waals surface area contributed by atoms with Crippen LogP contribution in [-0.4, -0.2) is 18.4 Å². The lowest BCUT2D eigenvalue weighted by Crippen LogP contribution is -2.31. The number of carbonyl (C=O) groups is 2. The predicted molar refractivity (Wildman–Crippen MR) is 85.3 cm³/mol. The van der Waals surface area contributed by atoms with Crippen molar-refractivity contribution in [3.63, 3.8) is 0 Å². The summed E-state index contributed by atoms with van der Waals surface area (Å²) >= 11 is 0. The number of ether oxygens (including phenoxy) is 1. The summed E-state index contributed by atoms with van der Waals surface area (Å²) in [6, 6.07) is 8.09. The van der Waals surface area contributed by atoms with E-state index < -0.39 is 0 Å². The molecule has 2 rings (SSSR count). The fourth-order valence-electron chi connectivity index (χ4n) is 2.71. The number of esters is 1. The second kappa shape index (κ2) is 7.97. The maximum Gasteiger partial charge on any atom is 0.326 e. The highest BCUT2D eigenvalue weighted by Gasteiger charge is 2.23. The molecule has 0 saturated heterocycles. The van der Waals surface area contributed by atoms with E-state index in [0.29, 0.717) is 12.3 Å². The van der Waals surface area contributed by atoms with E-state index in [9.17, 15) is 9.59 Å². The summed E-state index contributed by atoms with van der Waals surface area (Å²) < 4.78 is 5.54. The number of nitrogens with one attached hydrogen (secondary N) is 1. The Morgan fingerprint density at radius 2 is 2.09 bits per heavy atom. The summed E-state index contributed by atoms with van der Waals surface area (Å²) in [4.78, 5) is 23.6. The summed E-state index contributed by atoms with van der Waals surface area (Å²) in [6.07, 6.45) is 4.02. The van der Waals surface area contributed by atoms with Crippen LogP contribution in [0, 0.1) is 5.92 Å². The standard InChI is InChI=1S/C18H25NO3/c1-13(2)10-11-17(20)19-12-18(21)22-16-9-5-7-14-6-3-4-8-15(14)16/h3-4,6,8,13,16H,5,7,9-12H2,1-2H3,(H,19,20)/t16-/m0/s1. The van der Waals surface area contributed by atoms with Crippen molar-refractivity contribution in [2.24, 2.45) is 5.92 Å². The number of hydrogen-bond acceptors (Lipinski definition) is 3. The van der Waals surface area contributed by atoms with E-state index in [4.69, 9.17) is 4.74 Å². The zero-order valence-corrected chi connectivity index (χ0v) is 13.4. The summed E-state index contributed by atoms with van der Waals surface area (Å²) in [6.45, 7) is 4.10. The molecular formula is C18H25NO3. The van der Waals surface area contributed by atoms with Gasteiger partial charge in [0.25, 0.3) is 0 Å². The first-order chi connectivity index (χ1) is 10.6. The van der Waals surface area contributed by atoms with E-state index in [-0.39, 0.29) is 24.5 Å². The van der Waals surface area contributed by atoms with Crippen molar-refractivity contribution in [2.75, 3.05) is 6.54 Å². The SMILES string of the molecule is CC(C)CCC(=O)NCC(=O)O[C@H]1CCCc2ccccc21. The highest BCUT2D eigenvalue weighted by molar-refractivity contribution is 5.81. The minimum atomic E-state index is -0.361. The molecule has 0 radical (unpaired) electrons. The maximum absolute atomic E-state index is 11.9. The molecule has 0 spiro atoms. The minimum absolute atomic E-state index is 0.0460. The van der Waals surface area contributed by atoms with Gasteiger partial charge in [-0.2, -0.15) is 0 Å². The minimum Gasteiger partial charge on any atom is -0.456 e. The van der Waals surface area contributed by atoms with Gasteiger partial charge in [-0.25, -0.2) is 0 Å². The van der Waals surface area contributed by atoms with Gasteiger partial charge in [0.2, 0.25) is 5.91 Å². The molecule has 0 saturated carbocycles. The largest absolute Gasteiger partial charge is 0.456 e. The molecule has 4 heteroatoms. The molecule has 1 N–H and O–H groups in total. The second-order valence-corrected chi connectivity index (χ2v) is 6.28. The third kappa shape index (κ3) is 4.86. The monoisotopic (exact) mass is 303 g/mol. The Morgan fingerprint density at radius 3 is 2.86 bits per heavy atom. The first kappa shape index (κ1) is 16.5. The molecule has 22 heavy (non-hydrogen) atoms. The fraction of sp³-hybridized carbons (Fsp3) is 0.556. The fourth-order valence-corrected chi connectivity index (χ4v) is 2.71. The van der Waals surface area contributed by atoms with Gasteiger partial charge < -0.3 is 10.1 Å². The van der Waals surface area contributed by atoms with Crippen molar-refractivity contribution in [3.05, 3.63) is 35.4 Å². The van der Waals surface area contributed by atoms with Crippen LogP contribution < -0.4 is 5.32 Å². The maximum atomic E-state index is 11.9. The normalized spacial score (nSPS) is 17.0. The van der Waals surface area contributed by atoms with Gasteiger partial charge in [-0.3, -0.25) is 9.59 Å². The third-order valence-corrected chi connectivity index (χ3v) is 3.97. The van der Waals surface area contributed by atoms with Crippen molar-refractivity contribution in [1.82, 2.24) is 5.32 Å². The zero-order chi connectivity index (χ0) is 15.9. The molecule has 1 amide bonds. The summed E-state index contributed by atoms with van der Waals surface area (Å²) in [5, 5.41) is 2.64. The van der Waals surface area contributed by atoms with Crippen LogP contribution in [0.2, 0.25) is 0 Å². The van der Waals surface area contributed by atoms with Crippen LogP contribution in [0.5, 0.6) is 0 Å². The number of benzene rings is 1. The number of rotatable bonds is 6. The second-order valence-electron chi connectivity index (χ2n) is 6.28. The summed E-state index contributed by atoms with van der Waals surface area (Å²) in [7, 11) is 0. The summed E-state index contributed by atoms with van der Waals surface area (Å²) in [5.74, 6) is 0.0331. The average Bonchev–Trinajstić information content (AvgIpc) is 2.51. The molecule has 0 aliphatic heterocycles. The van der Waals surface area contributed by atoms with Crippen LogP contribution in [0.15, 0.2) is 24.3 Å². The van der Waals surface area contributed by atoms with Crippen molar-refractivity contribution >= 4 is 11.9 Å². The Morgan fingerprint density at radius 1 is 1.32 bits per heavy atom. The van der Waals surface area contributed by atoms with Gasteiger partial charge in [-0.15, -0.1) is 0 Å². The molecule has 1 aliphatic rings. The molecule has 1 aliphatic carbocycles. The summed E-state index contributed by atoms with van der Waals surface area (Å²) in [5.41, 5.74) is 2.36. The molecule has 0 aromatic heterocycles. The van der Waals surface area contributed by atoms with E-state index in [0.717, 1.165) is 31.2 Å². The highest BCUT2D eigenvalue weighted by atomic mass is 16.5. The molecule has 0 unspecified atom stereocenters. The van der Waals surface area contributed by atoms with Crippen LogP contribution in [0.25, 0.3) is 0 Å². The van der Waals surface area contributed by atoms with Gasteiger partial charge in [0.15, 0.2) is 0 Å². The zero-order valence-electron chi connectivity index (χ0n) is 13.4. The van der Waals surface area contributed by atoms with E-state index in [2.05, 4.69) is 25.2 Å². The molecule has 1 atom stereocenters. The molecular weight excluding hydrogens is 278 g/mol. The van der Waals surface area contributed by atoms with Gasteiger partial charge in [-0.05, 0) is 42.7 Å². The lowest BCUT2D eigenvalue weighted by Gasteiger charge is -2.25. The van der Waals surface area contributed by atoms with Gasteiger partial charge in [0.05, 0.1) is 0 Å². The van der Waals surface area contributed by atoms with Gasteiger partial charge >= 0.3 is 5.97 Å². The predicted octanol–water partition coefficient (Wildman–Crippen LogP) is 3.16. The average molecular weight is 303 g/mol. The number of aryl methyl sites for hydroxylation is 1. The molecule has 1 aromatic carbocycles. The molecule has 0 heterocycles. The molecule has 4 nitrogen and oxygen atoms in total. The lowest BCUT2D eigenvalue weighted by atomic mass is 9.89. The van der Waals surface area contributed by atoms with E-state index >= 15 is 0 Å². The third-order valence-electron chi connectivity index (χ3n) is 3.97. The van der Waals surface area contributed by atoms with E-state index in [1.807, 2.05) is 18.2 Å². The van der Waals surface area contributed by atoms with Crippen molar-refractivity contribution in [1.29, 1.82) is 0 Å². The molecule has 0 bridgehead atoms. The van der Waals surface area contributed by atoms with Crippen LogP contribution in [0.1, 0.15) is 56.8 Å². The van der Waals surface area contributed by atoms with Crippen LogP contribution in [0.4, 0.5) is 0 Å². The van der Waals surface area contributed by atoms with E-state index in [1.54, 1.807) is 0 Å². The Hall–Kier alpha value is -1.84. The quantitative estimate of drug-likeness (QED) is 0.821. The molecule has 0 fully saturated rings. The Bertz CT molecular complexity index is 525. The Labute approximate surface area is 132 Å². The molecule has 1 aromatic rings. The first-order valence-electron chi connectivity index (χ1n) is 8.10. The van der Waals surface area contributed by atoms with Crippen molar-refractivity contribution in [3.8, 4) is 0 Å². The van der Waals surface area contributed by atoms with Crippen LogP contribution in [0.3, 0.4) is 0 Å². The highest BCUT2D eigenvalue weighted by Crippen LogP contribution is 2.32. The van der Waals surface area contributed by atoms with Gasteiger partial charge in [-0.1, -0.05) is 38.1 Å².